The molecule has 0 amide bonds. The van der Waals surface area contributed by atoms with Crippen LogP contribution in [-0.4, -0.2) is 9.97 Å². The topological polar surface area (TPSA) is 51.8 Å². The molecule has 1 heterocycles. The monoisotopic (exact) mass is 263 g/mol. The van der Waals surface area contributed by atoms with Gasteiger partial charge in [-0.3, -0.25) is 0 Å². The van der Waals surface area contributed by atoms with Gasteiger partial charge in [0.2, 0.25) is 0 Å². The van der Waals surface area contributed by atoms with Crippen LogP contribution in [0.25, 0.3) is 22.3 Å². The molecule has 0 unspecified atom stereocenters. The van der Waals surface area contributed by atoms with Gasteiger partial charge in [0.1, 0.15) is 0 Å². The molecule has 0 spiro atoms. The Hall–Kier alpha value is -2.26. The summed E-state index contributed by atoms with van der Waals surface area (Å²) in [5.74, 6) is 0. The van der Waals surface area contributed by atoms with E-state index < -0.39 is 0 Å². The highest BCUT2D eigenvalue weighted by Crippen LogP contribution is 2.26. The Labute approximate surface area is 118 Å². The van der Waals surface area contributed by atoms with E-state index in [0.717, 1.165) is 33.5 Å². The van der Waals surface area contributed by atoms with E-state index in [0.29, 0.717) is 6.54 Å². The third kappa shape index (κ3) is 2.06. The minimum atomic E-state index is 0.389. The Morgan fingerprint density at radius 3 is 2.40 bits per heavy atom. The van der Waals surface area contributed by atoms with Crippen molar-refractivity contribution in [3.05, 3.63) is 59.3 Å². The minimum Gasteiger partial charge on any atom is -0.325 e. The average molecular weight is 263 g/mol. The van der Waals surface area contributed by atoms with Gasteiger partial charge in [-0.15, -0.1) is 0 Å². The van der Waals surface area contributed by atoms with Crippen molar-refractivity contribution in [2.24, 2.45) is 5.73 Å². The molecule has 0 saturated carbocycles. The fourth-order valence-corrected chi connectivity index (χ4v) is 2.45. The summed E-state index contributed by atoms with van der Waals surface area (Å²) in [6, 6.07) is 14.2. The molecule has 0 fully saturated rings. The fourth-order valence-electron chi connectivity index (χ4n) is 2.45. The van der Waals surface area contributed by atoms with Crippen molar-refractivity contribution in [3.63, 3.8) is 0 Å². The van der Waals surface area contributed by atoms with Crippen molar-refractivity contribution in [2.45, 2.75) is 20.4 Å². The Kier molecular flexibility index (Phi) is 3.20. The zero-order valence-electron chi connectivity index (χ0n) is 11.7. The van der Waals surface area contributed by atoms with E-state index in [1.807, 2.05) is 24.3 Å². The molecule has 3 nitrogen and oxygen atoms in total. The predicted octanol–water partition coefficient (Wildman–Crippen LogP) is 3.37. The molecule has 1 aromatic heterocycles. The second-order valence-corrected chi connectivity index (χ2v) is 4.98. The van der Waals surface area contributed by atoms with E-state index in [-0.39, 0.29) is 0 Å². The van der Waals surface area contributed by atoms with Crippen molar-refractivity contribution in [3.8, 4) is 11.3 Å². The van der Waals surface area contributed by atoms with Gasteiger partial charge in [0, 0.05) is 12.1 Å². The molecular weight excluding hydrogens is 246 g/mol. The van der Waals surface area contributed by atoms with Gasteiger partial charge in [-0.05, 0) is 31.0 Å². The second-order valence-electron chi connectivity index (χ2n) is 4.98. The molecule has 0 aliphatic heterocycles. The van der Waals surface area contributed by atoms with Crippen molar-refractivity contribution < 1.29 is 0 Å². The number of nitrogens with two attached hydrogens (primary N) is 1. The first-order valence-corrected chi connectivity index (χ1v) is 6.73. The van der Waals surface area contributed by atoms with Crippen LogP contribution in [0.4, 0.5) is 0 Å². The van der Waals surface area contributed by atoms with Gasteiger partial charge in [0.25, 0.3) is 0 Å². The Morgan fingerprint density at radius 2 is 1.65 bits per heavy atom. The van der Waals surface area contributed by atoms with Gasteiger partial charge in [0.05, 0.1) is 22.4 Å². The lowest BCUT2D eigenvalue weighted by Gasteiger charge is -2.11. The number of aromatic nitrogens is 2. The summed E-state index contributed by atoms with van der Waals surface area (Å²) in [7, 11) is 0. The maximum Gasteiger partial charge on any atom is 0.0941 e. The lowest BCUT2D eigenvalue weighted by Crippen LogP contribution is -2.06. The van der Waals surface area contributed by atoms with Crippen LogP contribution >= 0.6 is 0 Å². The second kappa shape index (κ2) is 5.02. The van der Waals surface area contributed by atoms with E-state index in [1.165, 1.54) is 5.56 Å². The van der Waals surface area contributed by atoms with E-state index in [1.54, 1.807) is 0 Å². The molecule has 0 radical (unpaired) electrons. The zero-order chi connectivity index (χ0) is 14.1. The fraction of sp³-hybridized carbons (Fsp3) is 0.176. The van der Waals surface area contributed by atoms with Crippen LogP contribution in [0.5, 0.6) is 0 Å². The highest BCUT2D eigenvalue weighted by molar-refractivity contribution is 5.81. The number of fused-ring (bicyclic) bond motifs is 1. The first-order valence-electron chi connectivity index (χ1n) is 6.73. The van der Waals surface area contributed by atoms with E-state index >= 15 is 0 Å². The Morgan fingerprint density at radius 1 is 0.900 bits per heavy atom. The van der Waals surface area contributed by atoms with E-state index in [9.17, 15) is 0 Å². The molecule has 20 heavy (non-hydrogen) atoms. The summed E-state index contributed by atoms with van der Waals surface area (Å²) in [5.41, 5.74) is 12.9. The molecule has 100 valence electrons. The summed E-state index contributed by atoms with van der Waals surface area (Å²) in [5, 5.41) is 0. The van der Waals surface area contributed by atoms with Gasteiger partial charge >= 0.3 is 0 Å². The molecule has 0 saturated heterocycles. The molecule has 0 bridgehead atoms. The number of rotatable bonds is 2. The van der Waals surface area contributed by atoms with Crippen LogP contribution in [-0.2, 0) is 6.54 Å². The maximum absolute atomic E-state index is 5.86. The summed E-state index contributed by atoms with van der Waals surface area (Å²) < 4.78 is 0. The van der Waals surface area contributed by atoms with Crippen molar-refractivity contribution in [1.82, 2.24) is 9.97 Å². The summed E-state index contributed by atoms with van der Waals surface area (Å²) in [6.45, 7) is 4.53. The van der Waals surface area contributed by atoms with Crippen LogP contribution in [0.15, 0.2) is 42.5 Å². The van der Waals surface area contributed by atoms with Crippen LogP contribution in [0.2, 0.25) is 0 Å². The maximum atomic E-state index is 5.86. The normalized spacial score (nSPS) is 10.9. The van der Waals surface area contributed by atoms with E-state index in [2.05, 4.69) is 37.0 Å². The predicted molar refractivity (Wildman–Crippen MR) is 82.3 cm³/mol. The van der Waals surface area contributed by atoms with Gasteiger partial charge in [0.15, 0.2) is 0 Å². The molecule has 0 aliphatic carbocycles. The third-order valence-electron chi connectivity index (χ3n) is 3.56. The van der Waals surface area contributed by atoms with Gasteiger partial charge in [-0.1, -0.05) is 36.4 Å². The average Bonchev–Trinajstić information content (AvgIpc) is 2.47. The molecule has 0 atom stereocenters. The number of para-hydroxylation sites is 1. The van der Waals surface area contributed by atoms with Gasteiger partial charge in [-0.2, -0.15) is 0 Å². The molecule has 3 heteroatoms. The first-order chi connectivity index (χ1) is 9.70. The molecule has 0 aliphatic rings. The molecule has 3 aromatic rings. The van der Waals surface area contributed by atoms with Gasteiger partial charge in [-0.25, -0.2) is 9.97 Å². The van der Waals surface area contributed by atoms with Crippen molar-refractivity contribution >= 4 is 11.0 Å². The highest BCUT2D eigenvalue weighted by Gasteiger charge is 2.12. The smallest absolute Gasteiger partial charge is 0.0941 e. The quantitative estimate of drug-likeness (QED) is 0.771. The number of benzene rings is 2. The lowest BCUT2D eigenvalue weighted by molar-refractivity contribution is 0.990. The van der Waals surface area contributed by atoms with Crippen LogP contribution in [0.3, 0.4) is 0 Å². The molecule has 2 aromatic carbocycles. The number of hydrogen-bond acceptors (Lipinski definition) is 3. The van der Waals surface area contributed by atoms with Crippen LogP contribution < -0.4 is 5.73 Å². The first kappa shape index (κ1) is 12.8. The van der Waals surface area contributed by atoms with Crippen LogP contribution in [0.1, 0.15) is 16.8 Å². The van der Waals surface area contributed by atoms with Crippen molar-refractivity contribution in [1.29, 1.82) is 0 Å². The van der Waals surface area contributed by atoms with Crippen molar-refractivity contribution in [2.75, 3.05) is 0 Å². The standard InChI is InChI=1S/C17H17N3/c1-11-6-3-4-8-13(11)17-15(10-18)19-14-9-5-7-12(2)16(14)20-17/h3-9H,10,18H2,1-2H3. The van der Waals surface area contributed by atoms with E-state index in [4.69, 9.17) is 10.7 Å². The number of aryl methyl sites for hydroxylation is 2. The van der Waals surface area contributed by atoms with Crippen LogP contribution in [0, 0.1) is 13.8 Å². The number of nitrogens with zero attached hydrogens (tertiary/aromatic N) is 2. The van der Waals surface area contributed by atoms with Gasteiger partial charge < -0.3 is 5.73 Å². The molecule has 3 rings (SSSR count). The summed E-state index contributed by atoms with van der Waals surface area (Å²) in [4.78, 5) is 9.52. The SMILES string of the molecule is Cc1ccccc1-c1nc2c(C)cccc2nc1CN. The molecule has 2 N–H and O–H groups in total. The zero-order valence-corrected chi connectivity index (χ0v) is 11.7. The number of hydrogen-bond donors (Lipinski definition) is 1. The Balaban J connectivity index is 2.34. The highest BCUT2D eigenvalue weighted by atomic mass is 14.8. The minimum absolute atomic E-state index is 0.389. The lowest BCUT2D eigenvalue weighted by atomic mass is 10.0. The largest absolute Gasteiger partial charge is 0.325 e. The third-order valence-corrected chi connectivity index (χ3v) is 3.56. The Bertz CT molecular complexity index is 778. The summed E-state index contributed by atoms with van der Waals surface area (Å²) >= 11 is 0. The molecular formula is C17H17N3. The summed E-state index contributed by atoms with van der Waals surface area (Å²) in [6.07, 6.45) is 0.